The fourth-order valence-electron chi connectivity index (χ4n) is 1.51. The van der Waals surface area contributed by atoms with Crippen LogP contribution in [0.4, 0.5) is 18.9 Å². The molecule has 0 spiro atoms. The minimum Gasteiger partial charge on any atom is -0.382 e. The van der Waals surface area contributed by atoms with Gasteiger partial charge in [0, 0.05) is 12.2 Å². The molecular formula is C13H15F3N2O. The summed E-state index contributed by atoms with van der Waals surface area (Å²) in [5.41, 5.74) is 0.0638. The molecule has 1 unspecified atom stereocenters. The molecule has 0 amide bonds. The van der Waals surface area contributed by atoms with Crippen molar-refractivity contribution in [2.75, 3.05) is 18.5 Å². The molecule has 0 fully saturated rings. The van der Waals surface area contributed by atoms with Gasteiger partial charge in [-0.2, -0.15) is 18.4 Å². The maximum absolute atomic E-state index is 12.8. The fourth-order valence-corrected chi connectivity index (χ4v) is 1.51. The predicted molar refractivity (Wildman–Crippen MR) is 65.7 cm³/mol. The molecule has 104 valence electrons. The van der Waals surface area contributed by atoms with Crippen LogP contribution in [0.5, 0.6) is 0 Å². The van der Waals surface area contributed by atoms with E-state index < -0.39 is 17.8 Å². The number of halogens is 3. The molecule has 0 saturated heterocycles. The Bertz CT molecular complexity index is 466. The molecule has 6 heteroatoms. The largest absolute Gasteiger partial charge is 0.418 e. The Morgan fingerprint density at radius 1 is 1.42 bits per heavy atom. The lowest BCUT2D eigenvalue weighted by Crippen LogP contribution is -2.17. The fraction of sp³-hybridized carbons (Fsp3) is 0.462. The number of rotatable bonds is 5. The number of benzene rings is 1. The second-order valence-corrected chi connectivity index (χ2v) is 4.12. The average Bonchev–Trinajstić information content (AvgIpc) is 2.32. The van der Waals surface area contributed by atoms with Crippen LogP contribution in [0.1, 0.15) is 18.1 Å². The van der Waals surface area contributed by atoms with E-state index in [0.717, 1.165) is 11.6 Å². The van der Waals surface area contributed by atoms with Gasteiger partial charge in [0.1, 0.15) is 6.10 Å². The zero-order valence-electron chi connectivity index (χ0n) is 10.7. The first-order valence-electron chi connectivity index (χ1n) is 5.77. The standard InChI is InChI=1S/C13H15F3N2O/c1-9-3-4-11(13(14,15)16)12(7-9)18-5-6-19-10(2)8-17/h3-4,7,10,18H,5-6H2,1-2H3. The maximum atomic E-state index is 12.8. The third-order valence-electron chi connectivity index (χ3n) is 2.45. The molecule has 1 aromatic carbocycles. The van der Waals surface area contributed by atoms with E-state index in [0.29, 0.717) is 0 Å². The van der Waals surface area contributed by atoms with E-state index in [4.69, 9.17) is 10.00 Å². The molecule has 0 bridgehead atoms. The Hall–Kier alpha value is -1.74. The molecule has 0 aliphatic heterocycles. The van der Waals surface area contributed by atoms with Gasteiger partial charge in [-0.15, -0.1) is 0 Å². The number of ether oxygens (including phenoxy) is 1. The van der Waals surface area contributed by atoms with E-state index in [1.807, 2.05) is 6.07 Å². The predicted octanol–water partition coefficient (Wildman–Crippen LogP) is 3.35. The lowest BCUT2D eigenvalue weighted by Gasteiger charge is -2.15. The number of anilines is 1. The maximum Gasteiger partial charge on any atom is 0.418 e. The highest BCUT2D eigenvalue weighted by Gasteiger charge is 2.33. The van der Waals surface area contributed by atoms with Gasteiger partial charge >= 0.3 is 6.18 Å². The quantitative estimate of drug-likeness (QED) is 0.836. The molecule has 0 aliphatic rings. The molecule has 1 aromatic rings. The second-order valence-electron chi connectivity index (χ2n) is 4.12. The SMILES string of the molecule is Cc1ccc(C(F)(F)F)c(NCCOC(C)C#N)c1. The van der Waals surface area contributed by atoms with E-state index >= 15 is 0 Å². The molecule has 1 N–H and O–H groups in total. The first-order chi connectivity index (χ1) is 8.84. The third kappa shape index (κ3) is 4.79. The molecule has 0 aromatic heterocycles. The summed E-state index contributed by atoms with van der Waals surface area (Å²) in [7, 11) is 0. The van der Waals surface area contributed by atoms with Crippen LogP contribution in [0.25, 0.3) is 0 Å². The van der Waals surface area contributed by atoms with Crippen LogP contribution in [0.2, 0.25) is 0 Å². The summed E-state index contributed by atoms with van der Waals surface area (Å²) in [4.78, 5) is 0. The molecule has 0 radical (unpaired) electrons. The first kappa shape index (κ1) is 15.3. The monoisotopic (exact) mass is 272 g/mol. The zero-order valence-corrected chi connectivity index (χ0v) is 10.7. The van der Waals surface area contributed by atoms with Gasteiger partial charge in [0.05, 0.1) is 18.2 Å². The second kappa shape index (κ2) is 6.43. The van der Waals surface area contributed by atoms with E-state index in [1.54, 1.807) is 13.8 Å². The Balaban J connectivity index is 2.67. The minimum atomic E-state index is -4.39. The van der Waals surface area contributed by atoms with E-state index in [1.165, 1.54) is 12.1 Å². The summed E-state index contributed by atoms with van der Waals surface area (Å²) in [5.74, 6) is 0. The molecule has 19 heavy (non-hydrogen) atoms. The van der Waals surface area contributed by atoms with Crippen molar-refractivity contribution in [1.82, 2.24) is 0 Å². The molecule has 3 nitrogen and oxygen atoms in total. The van der Waals surface area contributed by atoms with Gasteiger partial charge in [-0.1, -0.05) is 6.07 Å². The Labute approximate surface area is 110 Å². The lowest BCUT2D eigenvalue weighted by atomic mass is 10.1. The third-order valence-corrected chi connectivity index (χ3v) is 2.45. The topological polar surface area (TPSA) is 45.0 Å². The summed E-state index contributed by atoms with van der Waals surface area (Å²) in [6, 6.07) is 5.79. The van der Waals surface area contributed by atoms with E-state index in [2.05, 4.69) is 5.32 Å². The van der Waals surface area contributed by atoms with Gasteiger partial charge in [0.25, 0.3) is 0 Å². The van der Waals surface area contributed by atoms with Gasteiger partial charge in [-0.25, -0.2) is 0 Å². The van der Waals surface area contributed by atoms with Crippen LogP contribution >= 0.6 is 0 Å². The smallest absolute Gasteiger partial charge is 0.382 e. The summed E-state index contributed by atoms with van der Waals surface area (Å²) in [6.07, 6.45) is -4.96. The van der Waals surface area contributed by atoms with E-state index in [9.17, 15) is 13.2 Å². The van der Waals surface area contributed by atoms with Crippen LogP contribution < -0.4 is 5.32 Å². The molecule has 1 atom stereocenters. The number of aryl methyl sites for hydroxylation is 1. The minimum absolute atomic E-state index is 0.0284. The lowest BCUT2D eigenvalue weighted by molar-refractivity contribution is -0.137. The number of nitriles is 1. The van der Waals surface area contributed by atoms with Crippen molar-refractivity contribution >= 4 is 5.69 Å². The molecule has 0 saturated carbocycles. The molecule has 0 aliphatic carbocycles. The van der Waals surface area contributed by atoms with Gasteiger partial charge in [-0.3, -0.25) is 0 Å². The van der Waals surface area contributed by atoms with Crippen molar-refractivity contribution in [2.24, 2.45) is 0 Å². The number of hydrogen-bond acceptors (Lipinski definition) is 3. The van der Waals surface area contributed by atoms with Crippen LogP contribution in [0.3, 0.4) is 0 Å². The molecule has 1 rings (SSSR count). The van der Waals surface area contributed by atoms with Gasteiger partial charge in [-0.05, 0) is 31.5 Å². The van der Waals surface area contributed by atoms with Crippen LogP contribution in [0.15, 0.2) is 18.2 Å². The number of nitrogens with zero attached hydrogens (tertiary/aromatic N) is 1. The van der Waals surface area contributed by atoms with Gasteiger partial charge < -0.3 is 10.1 Å². The van der Waals surface area contributed by atoms with Crippen molar-refractivity contribution in [3.8, 4) is 6.07 Å². The summed E-state index contributed by atoms with van der Waals surface area (Å²) in [6.45, 7) is 3.67. The number of alkyl halides is 3. The number of hydrogen-bond donors (Lipinski definition) is 1. The van der Waals surface area contributed by atoms with Crippen molar-refractivity contribution in [1.29, 1.82) is 5.26 Å². The van der Waals surface area contributed by atoms with Crippen molar-refractivity contribution in [2.45, 2.75) is 26.1 Å². The van der Waals surface area contributed by atoms with Crippen molar-refractivity contribution in [3.63, 3.8) is 0 Å². The summed E-state index contributed by atoms with van der Waals surface area (Å²) in [5, 5.41) is 11.2. The van der Waals surface area contributed by atoms with Crippen molar-refractivity contribution in [3.05, 3.63) is 29.3 Å². The number of nitrogens with one attached hydrogen (secondary N) is 1. The Morgan fingerprint density at radius 3 is 2.68 bits per heavy atom. The normalized spacial score (nSPS) is 12.8. The van der Waals surface area contributed by atoms with Gasteiger partial charge in [0.15, 0.2) is 0 Å². The molecular weight excluding hydrogens is 257 g/mol. The summed E-state index contributed by atoms with van der Waals surface area (Å²) >= 11 is 0. The molecule has 0 heterocycles. The van der Waals surface area contributed by atoms with Gasteiger partial charge in [0.2, 0.25) is 0 Å². The van der Waals surface area contributed by atoms with E-state index in [-0.39, 0.29) is 18.8 Å². The van der Waals surface area contributed by atoms with Crippen LogP contribution in [-0.4, -0.2) is 19.3 Å². The summed E-state index contributed by atoms with van der Waals surface area (Å²) < 4.78 is 43.3. The van der Waals surface area contributed by atoms with Crippen molar-refractivity contribution < 1.29 is 17.9 Å². The Kier molecular flexibility index (Phi) is 5.19. The highest BCUT2D eigenvalue weighted by atomic mass is 19.4. The highest BCUT2D eigenvalue weighted by molar-refractivity contribution is 5.54. The first-order valence-corrected chi connectivity index (χ1v) is 5.77. The Morgan fingerprint density at radius 2 is 2.11 bits per heavy atom. The van der Waals surface area contributed by atoms with Crippen LogP contribution in [0, 0.1) is 18.3 Å². The highest BCUT2D eigenvalue weighted by Crippen LogP contribution is 2.35. The average molecular weight is 272 g/mol. The van der Waals surface area contributed by atoms with Crippen LogP contribution in [-0.2, 0) is 10.9 Å². The zero-order chi connectivity index (χ0) is 14.5.